The molecule has 7 nitrogen and oxygen atoms in total. The number of hydrogen-bond acceptors (Lipinski definition) is 5. The number of ether oxygens (including phenoxy) is 1. The largest absolute Gasteiger partial charge is 0.486 e. The van der Waals surface area contributed by atoms with Gasteiger partial charge in [-0.2, -0.15) is 13.2 Å². The van der Waals surface area contributed by atoms with Crippen molar-refractivity contribution in [2.75, 3.05) is 19.7 Å². The van der Waals surface area contributed by atoms with Crippen molar-refractivity contribution in [1.29, 1.82) is 0 Å². The summed E-state index contributed by atoms with van der Waals surface area (Å²) in [6, 6.07) is 13.6. The zero-order valence-corrected chi connectivity index (χ0v) is 18.6. The number of amides is 2. The highest BCUT2D eigenvalue weighted by atomic mass is 19.4. The number of aliphatic hydroxyl groups is 2. The van der Waals surface area contributed by atoms with Crippen LogP contribution in [0.4, 0.5) is 13.2 Å². The highest BCUT2D eigenvalue weighted by Crippen LogP contribution is 2.47. The van der Waals surface area contributed by atoms with E-state index in [0.717, 1.165) is 0 Å². The maximum Gasteiger partial charge on any atom is 0.406 e. The molecule has 1 heterocycles. The quantitative estimate of drug-likeness (QED) is 0.551. The molecule has 0 spiro atoms. The van der Waals surface area contributed by atoms with Gasteiger partial charge in [0.05, 0.1) is 25.0 Å². The Morgan fingerprint density at radius 2 is 1.74 bits per heavy atom. The molecule has 2 aromatic rings. The molecular weight excluding hydrogens is 465 g/mol. The molecule has 0 radical (unpaired) electrons. The summed E-state index contributed by atoms with van der Waals surface area (Å²) in [4.78, 5) is 26.6. The topological polar surface area (TPSA) is 99.1 Å². The van der Waals surface area contributed by atoms with Crippen LogP contribution >= 0.6 is 0 Å². The van der Waals surface area contributed by atoms with Crippen molar-refractivity contribution >= 4 is 11.8 Å². The van der Waals surface area contributed by atoms with E-state index in [-0.39, 0.29) is 25.1 Å². The average molecular weight is 490 g/mol. The monoisotopic (exact) mass is 490 g/mol. The Kier molecular flexibility index (Phi) is 7.13. The van der Waals surface area contributed by atoms with Gasteiger partial charge < -0.3 is 25.2 Å². The van der Waals surface area contributed by atoms with E-state index in [1.165, 1.54) is 6.08 Å². The lowest BCUT2D eigenvalue weighted by atomic mass is 9.77. The minimum Gasteiger partial charge on any atom is -0.486 e. The minimum atomic E-state index is -4.74. The lowest BCUT2D eigenvalue weighted by Crippen LogP contribution is -2.57. The summed E-state index contributed by atoms with van der Waals surface area (Å²) in [5, 5.41) is 22.8. The van der Waals surface area contributed by atoms with Crippen molar-refractivity contribution in [2.45, 2.75) is 36.8 Å². The highest BCUT2D eigenvalue weighted by Gasteiger charge is 2.51. The van der Waals surface area contributed by atoms with E-state index in [1.807, 2.05) is 0 Å². The minimum absolute atomic E-state index is 0.0670. The maximum absolute atomic E-state index is 13.6. The summed E-state index contributed by atoms with van der Waals surface area (Å²) in [6.07, 6.45) is -6.43. The maximum atomic E-state index is 13.6. The lowest BCUT2D eigenvalue weighted by molar-refractivity contribution is -0.169. The van der Waals surface area contributed by atoms with Crippen molar-refractivity contribution < 1.29 is 37.7 Å². The zero-order valence-electron chi connectivity index (χ0n) is 18.6. The SMILES string of the molecule is O=C(NCCO)C1=C[C@@H](N(CC(F)(F)F)C(=O)Cc2ccccc2)[C@H](O)[C@H]2Oc3ccccc3[C@@H]12. The standard InChI is InChI=1S/C25H25F3N2O5/c26-25(27,28)14-30(20(32)12-15-6-2-1-3-7-15)18-13-17(24(34)29-10-11-31)21-16-8-4-5-9-19(16)35-23(21)22(18)33/h1-9,13,18,21-23,31,33H,10-12,14H2,(H,29,34)/t18-,21+,22+,23+/m1/s1. The number of fused-ring (bicyclic) bond motifs is 3. The van der Waals surface area contributed by atoms with Gasteiger partial charge in [-0.05, 0) is 17.7 Å². The van der Waals surface area contributed by atoms with Crippen LogP contribution in [0.1, 0.15) is 17.0 Å². The molecule has 0 fully saturated rings. The molecule has 186 valence electrons. The molecule has 0 bridgehead atoms. The number of rotatable bonds is 7. The Balaban J connectivity index is 1.74. The summed E-state index contributed by atoms with van der Waals surface area (Å²) in [5.74, 6) is -1.80. The molecule has 1 aliphatic carbocycles. The number of nitrogens with zero attached hydrogens (tertiary/aromatic N) is 1. The van der Waals surface area contributed by atoms with E-state index in [4.69, 9.17) is 9.84 Å². The first kappa shape index (κ1) is 24.7. The fraction of sp³-hybridized carbons (Fsp3) is 0.360. The van der Waals surface area contributed by atoms with Crippen LogP contribution in [0.5, 0.6) is 5.75 Å². The molecule has 4 atom stereocenters. The number of halogens is 3. The molecule has 0 aromatic heterocycles. The lowest BCUT2D eigenvalue weighted by Gasteiger charge is -2.41. The number of benzene rings is 2. The van der Waals surface area contributed by atoms with Gasteiger partial charge in [0.15, 0.2) is 0 Å². The predicted octanol–water partition coefficient (Wildman–Crippen LogP) is 1.94. The van der Waals surface area contributed by atoms with E-state index in [1.54, 1.807) is 54.6 Å². The number of hydrogen-bond donors (Lipinski definition) is 3. The molecule has 2 aliphatic rings. The number of para-hydroxylation sites is 1. The number of nitrogens with one attached hydrogen (secondary N) is 1. The molecule has 0 unspecified atom stereocenters. The molecule has 0 saturated heterocycles. The number of carbonyl (C=O) groups is 2. The smallest absolute Gasteiger partial charge is 0.406 e. The van der Waals surface area contributed by atoms with Crippen molar-refractivity contribution in [3.8, 4) is 5.75 Å². The third kappa shape index (κ3) is 5.33. The molecule has 1 aliphatic heterocycles. The second kappa shape index (κ2) is 10.1. The third-order valence-electron chi connectivity index (χ3n) is 6.11. The van der Waals surface area contributed by atoms with Crippen LogP contribution in [-0.4, -0.2) is 71.0 Å². The average Bonchev–Trinajstić information content (AvgIpc) is 3.22. The second-order valence-corrected chi connectivity index (χ2v) is 8.48. The Hall–Kier alpha value is -3.37. The molecule has 10 heteroatoms. The van der Waals surface area contributed by atoms with Gasteiger partial charge in [-0.25, -0.2) is 0 Å². The summed E-state index contributed by atoms with van der Waals surface area (Å²) < 4.78 is 46.6. The number of carbonyl (C=O) groups excluding carboxylic acids is 2. The molecule has 2 aromatic carbocycles. The summed E-state index contributed by atoms with van der Waals surface area (Å²) >= 11 is 0. The first-order valence-electron chi connectivity index (χ1n) is 11.1. The first-order valence-corrected chi connectivity index (χ1v) is 11.1. The Bertz CT molecular complexity index is 1110. The van der Waals surface area contributed by atoms with Crippen molar-refractivity contribution in [2.24, 2.45) is 0 Å². The summed E-state index contributed by atoms with van der Waals surface area (Å²) in [5.41, 5.74) is 1.20. The molecule has 35 heavy (non-hydrogen) atoms. The van der Waals surface area contributed by atoms with Crippen molar-refractivity contribution in [3.05, 3.63) is 77.4 Å². The van der Waals surface area contributed by atoms with Gasteiger partial charge >= 0.3 is 6.18 Å². The van der Waals surface area contributed by atoms with E-state index in [9.17, 15) is 27.9 Å². The van der Waals surface area contributed by atoms with Gasteiger partial charge in [0.1, 0.15) is 24.5 Å². The van der Waals surface area contributed by atoms with Gasteiger partial charge in [0.2, 0.25) is 11.8 Å². The van der Waals surface area contributed by atoms with Crippen LogP contribution < -0.4 is 10.1 Å². The predicted molar refractivity (Wildman–Crippen MR) is 119 cm³/mol. The van der Waals surface area contributed by atoms with E-state index in [2.05, 4.69) is 5.32 Å². The van der Waals surface area contributed by atoms with Gasteiger partial charge in [0.25, 0.3) is 0 Å². The zero-order chi connectivity index (χ0) is 25.2. The van der Waals surface area contributed by atoms with Crippen LogP contribution in [0.25, 0.3) is 0 Å². The van der Waals surface area contributed by atoms with Crippen molar-refractivity contribution in [1.82, 2.24) is 10.2 Å². The van der Waals surface area contributed by atoms with E-state index >= 15 is 0 Å². The van der Waals surface area contributed by atoms with Crippen LogP contribution in [-0.2, 0) is 16.0 Å². The van der Waals surface area contributed by atoms with Gasteiger partial charge in [-0.3, -0.25) is 9.59 Å². The molecule has 4 rings (SSSR count). The van der Waals surface area contributed by atoms with E-state index < -0.39 is 48.7 Å². The Morgan fingerprint density at radius 1 is 1.06 bits per heavy atom. The fourth-order valence-corrected chi connectivity index (χ4v) is 4.62. The van der Waals surface area contributed by atoms with Crippen molar-refractivity contribution in [3.63, 3.8) is 0 Å². The van der Waals surface area contributed by atoms with E-state index in [0.29, 0.717) is 21.8 Å². The number of alkyl halides is 3. The van der Waals surface area contributed by atoms with Gasteiger partial charge in [-0.15, -0.1) is 0 Å². The molecule has 0 saturated carbocycles. The summed E-state index contributed by atoms with van der Waals surface area (Å²) in [7, 11) is 0. The van der Waals surface area contributed by atoms with Crippen LogP contribution in [0, 0.1) is 0 Å². The number of aliphatic hydroxyl groups excluding tert-OH is 2. The molecular formula is C25H25F3N2O5. The van der Waals surface area contributed by atoms with Gasteiger partial charge in [0, 0.05) is 17.7 Å². The fourth-order valence-electron chi connectivity index (χ4n) is 4.62. The summed E-state index contributed by atoms with van der Waals surface area (Å²) in [6.45, 7) is -2.00. The second-order valence-electron chi connectivity index (χ2n) is 8.48. The third-order valence-corrected chi connectivity index (χ3v) is 6.11. The first-order chi connectivity index (χ1) is 16.7. The Labute approximate surface area is 199 Å². The van der Waals surface area contributed by atoms with Crippen LogP contribution in [0.15, 0.2) is 66.2 Å². The molecule has 2 amide bonds. The normalized spacial score (nSPS) is 22.9. The van der Waals surface area contributed by atoms with Gasteiger partial charge in [-0.1, -0.05) is 48.5 Å². The van der Waals surface area contributed by atoms with Crippen LogP contribution in [0.2, 0.25) is 0 Å². The Morgan fingerprint density at radius 3 is 2.43 bits per heavy atom. The van der Waals surface area contributed by atoms with Crippen LogP contribution in [0.3, 0.4) is 0 Å². The highest BCUT2D eigenvalue weighted by molar-refractivity contribution is 5.96. The molecule has 3 N–H and O–H groups in total.